The summed E-state index contributed by atoms with van der Waals surface area (Å²) in [6.45, 7) is 4.52. The van der Waals surface area contributed by atoms with Gasteiger partial charge in [-0.15, -0.1) is 0 Å². The van der Waals surface area contributed by atoms with Crippen molar-refractivity contribution >= 4 is 0 Å². The van der Waals surface area contributed by atoms with E-state index in [1.807, 2.05) is 0 Å². The van der Waals surface area contributed by atoms with E-state index in [-0.39, 0.29) is 0 Å². The van der Waals surface area contributed by atoms with E-state index in [4.69, 9.17) is 5.73 Å². The predicted molar refractivity (Wildman–Crippen MR) is 60.0 cm³/mol. The van der Waals surface area contributed by atoms with Gasteiger partial charge in [0.1, 0.15) is 0 Å². The molecule has 2 rings (SSSR count). The van der Waals surface area contributed by atoms with Crippen LogP contribution in [0.2, 0.25) is 0 Å². The Hall–Kier alpha value is -0.340. The van der Waals surface area contributed by atoms with Crippen molar-refractivity contribution in [1.29, 1.82) is 0 Å². The molecule has 2 heteroatoms. The highest BCUT2D eigenvalue weighted by atomic mass is 15.0. The number of piperidine rings is 1. The van der Waals surface area contributed by atoms with Gasteiger partial charge in [-0.1, -0.05) is 19.1 Å². The fourth-order valence-corrected chi connectivity index (χ4v) is 3.05. The predicted octanol–water partition coefficient (Wildman–Crippen LogP) is 1.67. The van der Waals surface area contributed by atoms with Crippen molar-refractivity contribution < 1.29 is 0 Å². The second-order valence-corrected chi connectivity index (χ2v) is 4.89. The number of fused-ring (bicyclic) bond motifs is 1. The Labute approximate surface area is 86.9 Å². The molecule has 3 N–H and O–H groups in total. The molecule has 2 unspecified atom stereocenters. The zero-order valence-corrected chi connectivity index (χ0v) is 9.24. The maximum atomic E-state index is 6.22. The fourth-order valence-electron chi connectivity index (χ4n) is 3.05. The third kappa shape index (κ3) is 1.73. The average Bonchev–Trinajstić information content (AvgIpc) is 2.17. The van der Waals surface area contributed by atoms with Gasteiger partial charge in [0.15, 0.2) is 0 Å². The van der Waals surface area contributed by atoms with Crippen LogP contribution in [0.1, 0.15) is 33.1 Å². The lowest BCUT2D eigenvalue weighted by molar-refractivity contribution is 0.162. The van der Waals surface area contributed by atoms with Gasteiger partial charge in [0.25, 0.3) is 0 Å². The van der Waals surface area contributed by atoms with Gasteiger partial charge in [-0.3, -0.25) is 0 Å². The Balaban J connectivity index is 2.14. The summed E-state index contributed by atoms with van der Waals surface area (Å²) in [5.41, 5.74) is 6.22. The summed E-state index contributed by atoms with van der Waals surface area (Å²) in [6, 6.07) is 1.62. The molecule has 1 aliphatic heterocycles. The number of hydrogen-bond acceptors (Lipinski definition) is 2. The van der Waals surface area contributed by atoms with Gasteiger partial charge in [-0.05, 0) is 38.0 Å². The summed E-state index contributed by atoms with van der Waals surface area (Å²) in [4.78, 5) is 0. The Bertz CT molecular complexity index is 224. The van der Waals surface area contributed by atoms with Gasteiger partial charge < -0.3 is 11.1 Å². The lowest BCUT2D eigenvalue weighted by atomic mass is 9.72. The van der Waals surface area contributed by atoms with Crippen molar-refractivity contribution in [3.63, 3.8) is 0 Å². The second-order valence-electron chi connectivity index (χ2n) is 4.89. The van der Waals surface area contributed by atoms with Gasteiger partial charge in [0, 0.05) is 18.1 Å². The van der Waals surface area contributed by atoms with Crippen molar-refractivity contribution in [2.24, 2.45) is 17.6 Å². The Morgan fingerprint density at radius 2 is 2.29 bits per heavy atom. The Morgan fingerprint density at radius 1 is 1.50 bits per heavy atom. The molecule has 2 nitrogen and oxygen atoms in total. The first-order valence-electron chi connectivity index (χ1n) is 5.90. The molecule has 0 aromatic carbocycles. The smallest absolute Gasteiger partial charge is 0.0178 e. The van der Waals surface area contributed by atoms with Gasteiger partial charge in [-0.2, -0.15) is 0 Å². The largest absolute Gasteiger partial charge is 0.327 e. The van der Waals surface area contributed by atoms with Crippen molar-refractivity contribution in [2.45, 2.75) is 51.2 Å². The van der Waals surface area contributed by atoms with Gasteiger partial charge in [-0.25, -0.2) is 0 Å². The number of nitrogens with one attached hydrogen (secondary N) is 1. The first kappa shape index (κ1) is 10.2. The normalized spacial score (nSPS) is 47.5. The minimum Gasteiger partial charge on any atom is -0.327 e. The molecule has 80 valence electrons. The zero-order chi connectivity index (χ0) is 10.1. The van der Waals surface area contributed by atoms with Crippen LogP contribution < -0.4 is 11.1 Å². The molecule has 0 aromatic heterocycles. The van der Waals surface area contributed by atoms with Gasteiger partial charge in [0.05, 0.1) is 0 Å². The molecule has 2 aliphatic rings. The molecular weight excluding hydrogens is 172 g/mol. The molecule has 14 heavy (non-hydrogen) atoms. The number of hydrogen-bond donors (Lipinski definition) is 2. The first-order chi connectivity index (χ1) is 6.72. The Kier molecular flexibility index (Phi) is 2.93. The molecule has 0 aromatic rings. The van der Waals surface area contributed by atoms with Gasteiger partial charge in [0.2, 0.25) is 0 Å². The number of allylic oxidation sites excluding steroid dienone is 1. The van der Waals surface area contributed by atoms with Crippen molar-refractivity contribution in [1.82, 2.24) is 5.32 Å². The average molecular weight is 194 g/mol. The quantitative estimate of drug-likeness (QED) is 0.623. The summed E-state index contributed by atoms with van der Waals surface area (Å²) in [6.07, 6.45) is 8.23. The fraction of sp³-hybridized carbons (Fsp3) is 0.833. The molecule has 1 saturated heterocycles. The van der Waals surface area contributed by atoms with Crippen molar-refractivity contribution in [3.8, 4) is 0 Å². The SMILES string of the molecule is CC[C@H]1C=CC[C@@H]2C(N)CC(C)N[C@H]12. The molecular formula is C12H22N2. The van der Waals surface area contributed by atoms with Gasteiger partial charge >= 0.3 is 0 Å². The van der Waals surface area contributed by atoms with Crippen LogP contribution in [0.5, 0.6) is 0 Å². The van der Waals surface area contributed by atoms with E-state index >= 15 is 0 Å². The van der Waals surface area contributed by atoms with Crippen LogP contribution in [0.15, 0.2) is 12.2 Å². The van der Waals surface area contributed by atoms with E-state index in [0.717, 1.165) is 6.42 Å². The van der Waals surface area contributed by atoms with Crippen LogP contribution in [0.3, 0.4) is 0 Å². The van der Waals surface area contributed by atoms with Crippen LogP contribution >= 0.6 is 0 Å². The van der Waals surface area contributed by atoms with Crippen LogP contribution in [-0.4, -0.2) is 18.1 Å². The van der Waals surface area contributed by atoms with Crippen LogP contribution in [-0.2, 0) is 0 Å². The zero-order valence-electron chi connectivity index (χ0n) is 9.24. The highest BCUT2D eigenvalue weighted by molar-refractivity contribution is 5.08. The molecule has 1 fully saturated rings. The van der Waals surface area contributed by atoms with Crippen LogP contribution in [0.4, 0.5) is 0 Å². The molecule has 0 bridgehead atoms. The lowest BCUT2D eigenvalue weighted by Gasteiger charge is -2.45. The third-order valence-electron chi connectivity index (χ3n) is 3.84. The highest BCUT2D eigenvalue weighted by Gasteiger charge is 2.37. The lowest BCUT2D eigenvalue weighted by Crippen LogP contribution is -2.58. The van der Waals surface area contributed by atoms with E-state index in [2.05, 4.69) is 31.3 Å². The molecule has 5 atom stereocenters. The topological polar surface area (TPSA) is 38.0 Å². The summed E-state index contributed by atoms with van der Waals surface area (Å²) in [5.74, 6) is 1.36. The van der Waals surface area contributed by atoms with Crippen molar-refractivity contribution in [3.05, 3.63) is 12.2 Å². The maximum absolute atomic E-state index is 6.22. The van der Waals surface area contributed by atoms with E-state index in [1.54, 1.807) is 0 Å². The standard InChI is InChI=1S/C12H22N2/c1-3-9-5-4-6-10-11(13)7-8(2)14-12(9)10/h4-5,8-12,14H,3,6-7,13H2,1-2H3/t8?,9-,10+,11?,12+/m0/s1. The van der Waals surface area contributed by atoms with Crippen molar-refractivity contribution in [2.75, 3.05) is 0 Å². The highest BCUT2D eigenvalue weighted by Crippen LogP contribution is 2.32. The minimum atomic E-state index is 0.398. The second kappa shape index (κ2) is 4.03. The number of nitrogens with two attached hydrogens (primary N) is 1. The molecule has 0 amide bonds. The Morgan fingerprint density at radius 3 is 3.00 bits per heavy atom. The molecule has 1 heterocycles. The summed E-state index contributed by atoms with van der Waals surface area (Å²) in [7, 11) is 0. The van der Waals surface area contributed by atoms with E-state index < -0.39 is 0 Å². The first-order valence-corrected chi connectivity index (χ1v) is 5.90. The van der Waals surface area contributed by atoms with Crippen LogP contribution in [0, 0.1) is 11.8 Å². The van der Waals surface area contributed by atoms with Crippen LogP contribution in [0.25, 0.3) is 0 Å². The summed E-state index contributed by atoms with van der Waals surface area (Å²) in [5, 5.41) is 3.72. The van der Waals surface area contributed by atoms with E-state index in [9.17, 15) is 0 Å². The molecule has 0 radical (unpaired) electrons. The maximum Gasteiger partial charge on any atom is 0.0178 e. The third-order valence-corrected chi connectivity index (χ3v) is 3.84. The minimum absolute atomic E-state index is 0.398. The molecule has 0 spiro atoms. The molecule has 1 aliphatic carbocycles. The number of rotatable bonds is 1. The monoisotopic (exact) mass is 194 g/mol. The molecule has 0 saturated carbocycles. The van der Waals surface area contributed by atoms with E-state index in [1.165, 1.54) is 12.8 Å². The van der Waals surface area contributed by atoms with E-state index in [0.29, 0.717) is 30.0 Å². The summed E-state index contributed by atoms with van der Waals surface area (Å²) < 4.78 is 0. The summed E-state index contributed by atoms with van der Waals surface area (Å²) >= 11 is 0.